The molecule has 122 valence electrons. The second kappa shape index (κ2) is 6.99. The number of anilines is 1. The first-order valence-electron chi connectivity index (χ1n) is 6.52. The van der Waals surface area contributed by atoms with Gasteiger partial charge in [0, 0.05) is 6.07 Å². The fourth-order valence-corrected chi connectivity index (χ4v) is 1.73. The summed E-state index contributed by atoms with van der Waals surface area (Å²) in [6.45, 7) is 1.67. The van der Waals surface area contributed by atoms with Crippen molar-refractivity contribution in [3.63, 3.8) is 0 Å². The van der Waals surface area contributed by atoms with Crippen molar-refractivity contribution in [2.24, 2.45) is 0 Å². The first-order valence-corrected chi connectivity index (χ1v) is 7.43. The van der Waals surface area contributed by atoms with Crippen molar-refractivity contribution in [1.82, 2.24) is 4.98 Å². The van der Waals surface area contributed by atoms with Gasteiger partial charge in [-0.3, -0.25) is 4.79 Å². The Hall–Kier alpha value is -2.09. The Labute approximate surface area is 138 Å². The molecular formula is C15H12BrF3N2O2. The third-order valence-electron chi connectivity index (χ3n) is 2.75. The predicted molar refractivity (Wildman–Crippen MR) is 82.8 cm³/mol. The van der Waals surface area contributed by atoms with E-state index in [1.165, 1.54) is 24.4 Å². The third kappa shape index (κ3) is 4.95. The fraction of sp³-hybridized carbons (Fsp3) is 0.200. The zero-order valence-electron chi connectivity index (χ0n) is 11.9. The average Bonchev–Trinajstić information content (AvgIpc) is 2.48. The van der Waals surface area contributed by atoms with Gasteiger partial charge in [0.25, 0.3) is 0 Å². The van der Waals surface area contributed by atoms with Crippen LogP contribution in [0, 0.1) is 0 Å². The minimum absolute atomic E-state index is 0.0261. The Morgan fingerprint density at radius 3 is 2.61 bits per heavy atom. The van der Waals surface area contributed by atoms with Gasteiger partial charge in [-0.1, -0.05) is 22.0 Å². The van der Waals surface area contributed by atoms with Crippen LogP contribution < -0.4 is 10.1 Å². The maximum atomic E-state index is 12.6. The van der Waals surface area contributed by atoms with E-state index in [1.54, 1.807) is 13.0 Å². The molecule has 8 heteroatoms. The van der Waals surface area contributed by atoms with Crippen molar-refractivity contribution in [2.75, 3.05) is 5.32 Å². The lowest BCUT2D eigenvalue weighted by atomic mass is 10.2. The van der Waals surface area contributed by atoms with Crippen LogP contribution >= 0.6 is 15.9 Å². The number of nitrogens with zero attached hydrogens (tertiary/aromatic N) is 1. The Bertz CT molecular complexity index is 688. The summed E-state index contributed by atoms with van der Waals surface area (Å²) in [6.07, 6.45) is -3.08. The number of pyridine rings is 1. The van der Waals surface area contributed by atoms with Gasteiger partial charge >= 0.3 is 6.18 Å². The second-order valence-electron chi connectivity index (χ2n) is 4.62. The quantitative estimate of drug-likeness (QED) is 0.777. The predicted octanol–water partition coefficient (Wildman–Crippen LogP) is 4.61. The van der Waals surface area contributed by atoms with E-state index in [0.29, 0.717) is 5.69 Å². The van der Waals surface area contributed by atoms with Crippen LogP contribution in [0.15, 0.2) is 42.6 Å². The van der Waals surface area contributed by atoms with Gasteiger partial charge in [-0.15, -0.1) is 0 Å². The largest absolute Gasteiger partial charge is 0.439 e. The van der Waals surface area contributed by atoms with Crippen molar-refractivity contribution >= 4 is 27.5 Å². The summed E-state index contributed by atoms with van der Waals surface area (Å²) in [6, 6.07) is 7.51. The lowest BCUT2D eigenvalue weighted by Crippen LogP contribution is -2.19. The lowest BCUT2D eigenvalue weighted by Gasteiger charge is -2.10. The SMILES string of the molecule is C[C@@H](Br)C(=O)Nc1ccc(Oc2cccc(C(F)(F)F)c2)nc1. The maximum absolute atomic E-state index is 12.6. The van der Waals surface area contributed by atoms with E-state index >= 15 is 0 Å². The molecule has 1 N–H and O–H groups in total. The third-order valence-corrected chi connectivity index (χ3v) is 3.16. The number of alkyl halides is 4. The Kier molecular flexibility index (Phi) is 5.25. The van der Waals surface area contributed by atoms with Crippen LogP contribution in [-0.4, -0.2) is 15.7 Å². The number of carbonyl (C=O) groups is 1. The lowest BCUT2D eigenvalue weighted by molar-refractivity contribution is -0.137. The number of ether oxygens (including phenoxy) is 1. The summed E-state index contributed by atoms with van der Waals surface area (Å²) in [4.78, 5) is 15.1. The zero-order chi connectivity index (χ0) is 17.0. The van der Waals surface area contributed by atoms with E-state index in [0.717, 1.165) is 12.1 Å². The molecule has 0 saturated heterocycles. The van der Waals surface area contributed by atoms with Crippen molar-refractivity contribution in [2.45, 2.75) is 17.9 Å². The van der Waals surface area contributed by atoms with Crippen LogP contribution in [0.3, 0.4) is 0 Å². The van der Waals surface area contributed by atoms with E-state index < -0.39 is 11.7 Å². The van der Waals surface area contributed by atoms with Crippen LogP contribution in [0.2, 0.25) is 0 Å². The number of aromatic nitrogens is 1. The molecule has 0 fully saturated rings. The molecule has 0 radical (unpaired) electrons. The van der Waals surface area contributed by atoms with Crippen LogP contribution in [0.25, 0.3) is 0 Å². The van der Waals surface area contributed by atoms with Crippen LogP contribution in [0.5, 0.6) is 11.6 Å². The summed E-state index contributed by atoms with van der Waals surface area (Å²) < 4.78 is 43.2. The minimum Gasteiger partial charge on any atom is -0.439 e. The number of hydrogen-bond acceptors (Lipinski definition) is 3. The zero-order valence-corrected chi connectivity index (χ0v) is 13.5. The topological polar surface area (TPSA) is 51.2 Å². The minimum atomic E-state index is -4.44. The van der Waals surface area contributed by atoms with Crippen molar-refractivity contribution in [3.8, 4) is 11.6 Å². The molecule has 0 aliphatic rings. The molecule has 1 atom stereocenters. The summed E-state index contributed by atoms with van der Waals surface area (Å²) in [7, 11) is 0. The highest BCUT2D eigenvalue weighted by Gasteiger charge is 2.30. The van der Waals surface area contributed by atoms with Gasteiger partial charge in [0.2, 0.25) is 11.8 Å². The summed E-state index contributed by atoms with van der Waals surface area (Å²) in [5.41, 5.74) is -0.345. The molecule has 23 heavy (non-hydrogen) atoms. The molecule has 1 aromatic heterocycles. The van der Waals surface area contributed by atoms with Crippen LogP contribution in [-0.2, 0) is 11.0 Å². The maximum Gasteiger partial charge on any atom is 0.416 e. The van der Waals surface area contributed by atoms with Gasteiger partial charge in [0.05, 0.1) is 22.3 Å². The van der Waals surface area contributed by atoms with Gasteiger partial charge in [-0.05, 0) is 31.2 Å². The van der Waals surface area contributed by atoms with Gasteiger partial charge in [0.15, 0.2) is 0 Å². The Morgan fingerprint density at radius 2 is 2.04 bits per heavy atom. The van der Waals surface area contributed by atoms with Crippen LogP contribution in [0.1, 0.15) is 12.5 Å². The van der Waals surface area contributed by atoms with Gasteiger partial charge in [-0.25, -0.2) is 4.98 Å². The fourth-order valence-electron chi connectivity index (χ4n) is 1.61. The average molecular weight is 389 g/mol. The van der Waals surface area contributed by atoms with Gasteiger partial charge in [0.1, 0.15) is 5.75 Å². The monoisotopic (exact) mass is 388 g/mol. The molecule has 1 amide bonds. The van der Waals surface area contributed by atoms with Crippen molar-refractivity contribution < 1.29 is 22.7 Å². The smallest absolute Gasteiger partial charge is 0.416 e. The molecular weight excluding hydrogens is 377 g/mol. The number of amides is 1. The molecule has 0 bridgehead atoms. The first-order chi connectivity index (χ1) is 10.8. The number of hydrogen-bond donors (Lipinski definition) is 1. The highest BCUT2D eigenvalue weighted by Crippen LogP contribution is 2.32. The van der Waals surface area contributed by atoms with E-state index in [-0.39, 0.29) is 22.4 Å². The van der Waals surface area contributed by atoms with Crippen molar-refractivity contribution in [3.05, 3.63) is 48.2 Å². The van der Waals surface area contributed by atoms with E-state index in [4.69, 9.17) is 4.74 Å². The standard InChI is InChI=1S/C15H12BrF3N2O2/c1-9(16)14(22)21-11-5-6-13(20-8-11)23-12-4-2-3-10(7-12)15(17,18)19/h2-9H,1H3,(H,21,22)/t9-/m1/s1. The molecule has 2 rings (SSSR count). The highest BCUT2D eigenvalue weighted by molar-refractivity contribution is 9.10. The number of carbonyl (C=O) groups excluding carboxylic acids is 1. The normalized spacial score (nSPS) is 12.6. The highest BCUT2D eigenvalue weighted by atomic mass is 79.9. The number of halogens is 4. The van der Waals surface area contributed by atoms with Gasteiger partial charge in [-0.2, -0.15) is 13.2 Å². The summed E-state index contributed by atoms with van der Waals surface area (Å²) in [5, 5.41) is 2.61. The molecule has 2 aromatic rings. The number of rotatable bonds is 4. The van der Waals surface area contributed by atoms with Crippen LogP contribution in [0.4, 0.5) is 18.9 Å². The number of nitrogens with one attached hydrogen (secondary N) is 1. The molecule has 1 aromatic carbocycles. The molecule has 0 aliphatic carbocycles. The second-order valence-corrected chi connectivity index (χ2v) is 5.99. The van der Waals surface area contributed by atoms with E-state index in [9.17, 15) is 18.0 Å². The number of benzene rings is 1. The van der Waals surface area contributed by atoms with E-state index in [2.05, 4.69) is 26.2 Å². The molecule has 0 unspecified atom stereocenters. The molecule has 4 nitrogen and oxygen atoms in total. The summed E-state index contributed by atoms with van der Waals surface area (Å²) >= 11 is 3.13. The molecule has 0 spiro atoms. The Balaban J connectivity index is 2.08. The molecule has 1 heterocycles. The van der Waals surface area contributed by atoms with Crippen molar-refractivity contribution in [1.29, 1.82) is 0 Å². The van der Waals surface area contributed by atoms with E-state index in [1.807, 2.05) is 0 Å². The van der Waals surface area contributed by atoms with Gasteiger partial charge < -0.3 is 10.1 Å². The molecule has 0 aliphatic heterocycles. The first kappa shape index (κ1) is 17.3. The molecule has 0 saturated carbocycles. The Morgan fingerprint density at radius 1 is 1.30 bits per heavy atom. The summed E-state index contributed by atoms with van der Waals surface area (Å²) in [5.74, 6) is -0.0919.